The van der Waals surface area contributed by atoms with Gasteiger partial charge in [0.15, 0.2) is 5.82 Å². The number of aryl methyl sites for hydroxylation is 1. The van der Waals surface area contributed by atoms with Crippen molar-refractivity contribution in [3.63, 3.8) is 0 Å². The van der Waals surface area contributed by atoms with Gasteiger partial charge < -0.3 is 5.32 Å². The number of aromatic nitrogens is 2. The largest absolute Gasteiger partial charge is 0.367 e. The summed E-state index contributed by atoms with van der Waals surface area (Å²) in [5.74, 6) is 2.32. The van der Waals surface area contributed by atoms with E-state index in [0.29, 0.717) is 11.4 Å². The Morgan fingerprint density at radius 1 is 1.30 bits per heavy atom. The predicted octanol–water partition coefficient (Wildman–Crippen LogP) is 3.59. The molecule has 0 aliphatic heterocycles. The summed E-state index contributed by atoms with van der Waals surface area (Å²) < 4.78 is 0. The maximum atomic E-state index is 9.25. The van der Waals surface area contributed by atoms with E-state index in [1.165, 1.54) is 25.7 Å². The summed E-state index contributed by atoms with van der Waals surface area (Å²) >= 11 is 0. The van der Waals surface area contributed by atoms with Crippen LogP contribution in [0.1, 0.15) is 55.8 Å². The molecule has 1 heterocycles. The number of rotatable bonds is 4. The van der Waals surface area contributed by atoms with E-state index in [2.05, 4.69) is 28.5 Å². The van der Waals surface area contributed by atoms with Gasteiger partial charge in [-0.25, -0.2) is 0 Å². The molecule has 1 fully saturated rings. The quantitative estimate of drug-likeness (QED) is 0.909. The van der Waals surface area contributed by atoms with Crippen LogP contribution in [-0.2, 0) is 0 Å². The third-order valence-corrected chi connectivity index (χ3v) is 4.46. The summed E-state index contributed by atoms with van der Waals surface area (Å²) in [6.45, 7) is 7.04. The monoisotopic (exact) mass is 272 g/mol. The fourth-order valence-electron chi connectivity index (χ4n) is 3.09. The van der Waals surface area contributed by atoms with Gasteiger partial charge in [-0.2, -0.15) is 10.4 Å². The first-order valence-electron chi connectivity index (χ1n) is 7.59. The second-order valence-corrected chi connectivity index (χ2v) is 6.10. The first kappa shape index (κ1) is 14.8. The molecule has 0 saturated heterocycles. The molecule has 0 radical (unpaired) electrons. The van der Waals surface area contributed by atoms with Gasteiger partial charge >= 0.3 is 0 Å². The predicted molar refractivity (Wildman–Crippen MR) is 80.4 cm³/mol. The van der Waals surface area contributed by atoms with E-state index in [1.54, 1.807) is 0 Å². The van der Waals surface area contributed by atoms with Crippen LogP contribution >= 0.6 is 0 Å². The molecule has 0 bridgehead atoms. The summed E-state index contributed by atoms with van der Waals surface area (Å²) in [6, 6.07) is 2.24. The number of nitriles is 1. The van der Waals surface area contributed by atoms with Crippen LogP contribution in [-0.4, -0.2) is 16.7 Å². The molecule has 2 rings (SSSR count). The zero-order valence-corrected chi connectivity index (χ0v) is 12.7. The third-order valence-electron chi connectivity index (χ3n) is 4.46. The maximum absolute atomic E-state index is 9.25. The second-order valence-electron chi connectivity index (χ2n) is 6.10. The lowest BCUT2D eigenvalue weighted by atomic mass is 9.81. The van der Waals surface area contributed by atoms with Crippen molar-refractivity contribution in [2.45, 2.75) is 52.9 Å². The lowest BCUT2D eigenvalue weighted by molar-refractivity contribution is 0.274. The Morgan fingerprint density at radius 2 is 2.10 bits per heavy atom. The number of hydrogen-bond donors (Lipinski definition) is 1. The lowest BCUT2D eigenvalue weighted by Gasteiger charge is -2.26. The Labute approximate surface area is 121 Å². The zero-order valence-electron chi connectivity index (χ0n) is 12.7. The average molecular weight is 272 g/mol. The van der Waals surface area contributed by atoms with E-state index in [9.17, 15) is 5.26 Å². The van der Waals surface area contributed by atoms with Gasteiger partial charge in [0.25, 0.3) is 0 Å². The average Bonchev–Trinajstić information content (AvgIpc) is 2.43. The fourth-order valence-corrected chi connectivity index (χ4v) is 3.09. The van der Waals surface area contributed by atoms with Crippen LogP contribution in [0.25, 0.3) is 0 Å². The van der Waals surface area contributed by atoms with E-state index in [0.717, 1.165) is 36.1 Å². The van der Waals surface area contributed by atoms with Crippen LogP contribution in [0, 0.1) is 37.0 Å². The molecule has 1 aromatic heterocycles. The standard InChI is InChI=1S/C16H24N4/c1-11-5-4-6-14(9-11)7-8-18-16-15(10-17)12(2)13(3)19-20-16/h11,14H,4-9H2,1-3H3,(H,18,20). The van der Waals surface area contributed by atoms with Crippen LogP contribution < -0.4 is 5.32 Å². The van der Waals surface area contributed by atoms with Gasteiger partial charge in [0.2, 0.25) is 0 Å². The number of hydrogen-bond acceptors (Lipinski definition) is 4. The van der Waals surface area contributed by atoms with Crippen molar-refractivity contribution in [2.75, 3.05) is 11.9 Å². The molecule has 1 aromatic rings. The lowest BCUT2D eigenvalue weighted by Crippen LogP contribution is -2.17. The molecule has 108 valence electrons. The normalized spacial score (nSPS) is 22.3. The van der Waals surface area contributed by atoms with Gasteiger partial charge in [-0.15, -0.1) is 5.10 Å². The summed E-state index contributed by atoms with van der Waals surface area (Å²) in [5, 5.41) is 20.8. The fraction of sp³-hybridized carbons (Fsp3) is 0.688. The van der Waals surface area contributed by atoms with E-state index < -0.39 is 0 Å². The molecule has 2 atom stereocenters. The van der Waals surface area contributed by atoms with Gasteiger partial charge in [-0.05, 0) is 44.1 Å². The molecule has 0 aromatic carbocycles. The highest BCUT2D eigenvalue weighted by Gasteiger charge is 2.18. The van der Waals surface area contributed by atoms with Gasteiger partial charge in [0.1, 0.15) is 11.6 Å². The Balaban J connectivity index is 1.91. The minimum atomic E-state index is 0.634. The summed E-state index contributed by atoms with van der Waals surface area (Å²) in [4.78, 5) is 0. The SMILES string of the molecule is Cc1nnc(NCCC2CCCC(C)C2)c(C#N)c1C. The van der Waals surface area contributed by atoms with Crippen molar-refractivity contribution in [3.05, 3.63) is 16.8 Å². The highest BCUT2D eigenvalue weighted by molar-refractivity contribution is 5.55. The molecule has 1 N–H and O–H groups in total. The van der Waals surface area contributed by atoms with Crippen molar-refractivity contribution in [3.8, 4) is 6.07 Å². The van der Waals surface area contributed by atoms with E-state index in [-0.39, 0.29) is 0 Å². The van der Waals surface area contributed by atoms with Gasteiger partial charge in [-0.3, -0.25) is 0 Å². The van der Waals surface area contributed by atoms with Gasteiger partial charge in [-0.1, -0.05) is 26.2 Å². The van der Waals surface area contributed by atoms with Crippen molar-refractivity contribution in [1.29, 1.82) is 5.26 Å². The zero-order chi connectivity index (χ0) is 14.5. The number of nitrogens with one attached hydrogen (secondary N) is 1. The summed E-state index contributed by atoms with van der Waals surface area (Å²) in [5.41, 5.74) is 2.39. The minimum Gasteiger partial charge on any atom is -0.367 e. The van der Waals surface area contributed by atoms with Gasteiger partial charge in [0, 0.05) is 6.54 Å². The molecule has 0 amide bonds. The first-order chi connectivity index (χ1) is 9.61. The van der Waals surface area contributed by atoms with Crippen molar-refractivity contribution in [1.82, 2.24) is 10.2 Å². The molecular weight excluding hydrogens is 248 g/mol. The molecule has 20 heavy (non-hydrogen) atoms. The third kappa shape index (κ3) is 3.47. The smallest absolute Gasteiger partial charge is 0.166 e. The maximum Gasteiger partial charge on any atom is 0.166 e. The second kappa shape index (κ2) is 6.69. The Bertz CT molecular complexity index is 504. The Kier molecular flexibility index (Phi) is 4.94. The van der Waals surface area contributed by atoms with Crippen LogP contribution in [0.3, 0.4) is 0 Å². The van der Waals surface area contributed by atoms with Crippen LogP contribution in [0.4, 0.5) is 5.82 Å². The highest BCUT2D eigenvalue weighted by atomic mass is 15.2. The van der Waals surface area contributed by atoms with E-state index in [1.807, 2.05) is 13.8 Å². The molecule has 1 aliphatic carbocycles. The molecule has 4 nitrogen and oxygen atoms in total. The molecule has 1 aliphatic rings. The first-order valence-corrected chi connectivity index (χ1v) is 7.59. The molecule has 2 unspecified atom stereocenters. The van der Waals surface area contributed by atoms with E-state index >= 15 is 0 Å². The van der Waals surface area contributed by atoms with Gasteiger partial charge in [0.05, 0.1) is 5.69 Å². The summed E-state index contributed by atoms with van der Waals surface area (Å²) in [6.07, 6.45) is 6.58. The molecule has 0 spiro atoms. The molecule has 4 heteroatoms. The van der Waals surface area contributed by atoms with Crippen molar-refractivity contribution < 1.29 is 0 Å². The number of nitrogens with zero attached hydrogens (tertiary/aromatic N) is 3. The highest BCUT2D eigenvalue weighted by Crippen LogP contribution is 2.30. The summed E-state index contributed by atoms with van der Waals surface area (Å²) in [7, 11) is 0. The minimum absolute atomic E-state index is 0.634. The molecule has 1 saturated carbocycles. The topological polar surface area (TPSA) is 61.6 Å². The van der Waals surface area contributed by atoms with Crippen molar-refractivity contribution in [2.24, 2.45) is 11.8 Å². The Hall–Kier alpha value is -1.63. The van der Waals surface area contributed by atoms with E-state index in [4.69, 9.17) is 0 Å². The molecular formula is C16H24N4. The Morgan fingerprint density at radius 3 is 2.80 bits per heavy atom. The number of anilines is 1. The van der Waals surface area contributed by atoms with Crippen LogP contribution in [0.5, 0.6) is 0 Å². The van der Waals surface area contributed by atoms with Crippen LogP contribution in [0.2, 0.25) is 0 Å². The van der Waals surface area contributed by atoms with Crippen LogP contribution in [0.15, 0.2) is 0 Å². The van der Waals surface area contributed by atoms with Crippen molar-refractivity contribution >= 4 is 5.82 Å².